The number of fused-ring (bicyclic) bond motifs is 1. The summed E-state index contributed by atoms with van der Waals surface area (Å²) in [6.45, 7) is 0. The van der Waals surface area contributed by atoms with Crippen LogP contribution in [0.5, 0.6) is 0 Å². The maximum Gasteiger partial charge on any atom is 0.433 e. The topological polar surface area (TPSA) is 84.7 Å². The van der Waals surface area contributed by atoms with Crippen LogP contribution in [0.25, 0.3) is 21.5 Å². The van der Waals surface area contributed by atoms with E-state index in [1.165, 1.54) is 12.1 Å². The molecule has 4 aromatic rings. The zero-order valence-corrected chi connectivity index (χ0v) is 18.2. The molecule has 0 atom stereocenters. The van der Waals surface area contributed by atoms with Gasteiger partial charge >= 0.3 is 12.4 Å². The minimum atomic E-state index is -5.00. The molecule has 7 nitrogen and oxygen atoms in total. The number of aromatic nitrogens is 4. The Morgan fingerprint density at radius 3 is 2.47 bits per heavy atom. The molecule has 0 aliphatic carbocycles. The fraction of sp³-hybridized carbons (Fsp3) is 0.200. The van der Waals surface area contributed by atoms with Gasteiger partial charge in [0.1, 0.15) is 22.6 Å². The molecule has 1 amide bonds. The first-order valence-electron chi connectivity index (χ1n) is 9.46. The number of hydrogen-bond donors (Lipinski definition) is 2. The van der Waals surface area contributed by atoms with Gasteiger partial charge in [-0.05, 0) is 18.2 Å². The second-order valence-corrected chi connectivity index (χ2v) is 8.00. The van der Waals surface area contributed by atoms with Crippen LogP contribution in [0, 0.1) is 0 Å². The summed E-state index contributed by atoms with van der Waals surface area (Å²) in [7, 11) is 2.76. The number of carbonyl (C=O) groups is 1. The average Bonchev–Trinajstić information content (AvgIpc) is 3.33. The lowest BCUT2D eigenvalue weighted by Crippen LogP contribution is -2.21. The number of nitrogens with zero attached hydrogens (tertiary/aromatic N) is 4. The summed E-state index contributed by atoms with van der Waals surface area (Å²) in [5, 5.41) is 9.34. The molecule has 0 radical (unpaired) electrons. The molecule has 0 aliphatic heterocycles. The van der Waals surface area contributed by atoms with Crippen LogP contribution in [0.1, 0.15) is 21.7 Å². The zero-order chi connectivity index (χ0) is 24.8. The van der Waals surface area contributed by atoms with Crippen LogP contribution >= 0.6 is 11.3 Å². The van der Waals surface area contributed by atoms with Gasteiger partial charge in [-0.1, -0.05) is 23.5 Å². The van der Waals surface area contributed by atoms with Crippen molar-refractivity contribution in [1.29, 1.82) is 0 Å². The van der Waals surface area contributed by atoms with E-state index in [9.17, 15) is 31.1 Å². The van der Waals surface area contributed by atoms with Crippen molar-refractivity contribution < 1.29 is 31.1 Å². The number of aryl methyl sites for hydroxylation is 1. The summed E-state index contributed by atoms with van der Waals surface area (Å²) in [5.74, 6) is -1.28. The third kappa shape index (κ3) is 4.27. The van der Waals surface area contributed by atoms with E-state index < -0.39 is 40.9 Å². The van der Waals surface area contributed by atoms with E-state index in [0.29, 0.717) is 21.4 Å². The third-order valence-electron chi connectivity index (χ3n) is 4.74. The number of halogens is 6. The van der Waals surface area contributed by atoms with Gasteiger partial charge in [0.25, 0.3) is 5.91 Å². The van der Waals surface area contributed by atoms with Crippen LogP contribution in [0.15, 0.2) is 36.5 Å². The Hall–Kier alpha value is -3.68. The highest BCUT2D eigenvalue weighted by Crippen LogP contribution is 2.43. The molecular weight excluding hydrogens is 486 g/mol. The van der Waals surface area contributed by atoms with Crippen molar-refractivity contribution in [3.8, 4) is 11.3 Å². The molecule has 0 fully saturated rings. The molecule has 0 saturated heterocycles. The number of carbonyl (C=O) groups excluding carboxylic acids is 1. The lowest BCUT2D eigenvalue weighted by atomic mass is 10.0. The number of rotatable bonds is 4. The molecule has 0 spiro atoms. The molecule has 178 valence electrons. The van der Waals surface area contributed by atoms with Crippen LogP contribution in [-0.4, -0.2) is 32.7 Å². The standard InChI is InChI=1S/C20H14F6N6OS/c1-27-18-30-11-5-3-4-10(16(11)34-18)14-13(20(24,25)26)15(32(2)31-14)17(33)29-9-6-7-28-12(8-9)19(21,22)23/h3-8H,1-2H3,(H,27,30)(H,28,29,33). The number of pyridine rings is 1. The van der Waals surface area contributed by atoms with Gasteiger partial charge in [0.2, 0.25) is 0 Å². The zero-order valence-electron chi connectivity index (χ0n) is 17.3. The summed E-state index contributed by atoms with van der Waals surface area (Å²) in [6.07, 6.45) is -9.00. The minimum absolute atomic E-state index is 0.113. The van der Waals surface area contributed by atoms with E-state index in [1.807, 2.05) is 0 Å². The maximum atomic E-state index is 14.2. The van der Waals surface area contributed by atoms with Gasteiger partial charge in [-0.2, -0.15) is 31.4 Å². The first kappa shape index (κ1) is 23.5. The summed E-state index contributed by atoms with van der Waals surface area (Å²) in [5.41, 5.74) is -3.79. The quantitative estimate of drug-likeness (QED) is 0.366. The Bertz CT molecular complexity index is 1390. The lowest BCUT2D eigenvalue weighted by Gasteiger charge is -2.12. The van der Waals surface area contributed by atoms with E-state index >= 15 is 0 Å². The fourth-order valence-electron chi connectivity index (χ4n) is 3.34. The second-order valence-electron chi connectivity index (χ2n) is 7.00. The minimum Gasteiger partial charge on any atom is -0.365 e. The number of anilines is 2. The molecule has 14 heteroatoms. The van der Waals surface area contributed by atoms with Crippen LogP contribution in [0.4, 0.5) is 37.2 Å². The van der Waals surface area contributed by atoms with Gasteiger partial charge in [-0.25, -0.2) is 4.98 Å². The van der Waals surface area contributed by atoms with Crippen LogP contribution in [0.3, 0.4) is 0 Å². The predicted molar refractivity (Wildman–Crippen MR) is 114 cm³/mol. The van der Waals surface area contributed by atoms with Crippen molar-refractivity contribution >= 4 is 38.3 Å². The van der Waals surface area contributed by atoms with Gasteiger partial charge in [-0.3, -0.25) is 14.5 Å². The number of alkyl halides is 6. The third-order valence-corrected chi connectivity index (χ3v) is 5.86. The first-order chi connectivity index (χ1) is 15.9. The van der Waals surface area contributed by atoms with Gasteiger partial charge in [0, 0.05) is 31.5 Å². The van der Waals surface area contributed by atoms with E-state index in [2.05, 4.69) is 25.7 Å². The summed E-state index contributed by atoms with van der Waals surface area (Å²) >= 11 is 1.12. The monoisotopic (exact) mass is 500 g/mol. The normalized spacial score (nSPS) is 12.2. The maximum absolute atomic E-state index is 14.2. The molecule has 3 aromatic heterocycles. The predicted octanol–water partition coefficient (Wildman–Crippen LogP) is 5.42. The lowest BCUT2D eigenvalue weighted by molar-refractivity contribution is -0.141. The molecule has 0 aliphatic rings. The van der Waals surface area contributed by atoms with Crippen molar-refractivity contribution in [1.82, 2.24) is 19.7 Å². The second kappa shape index (κ2) is 8.27. The van der Waals surface area contributed by atoms with Crippen LogP contribution in [-0.2, 0) is 19.4 Å². The van der Waals surface area contributed by atoms with E-state index in [4.69, 9.17) is 0 Å². The van der Waals surface area contributed by atoms with E-state index in [-0.39, 0.29) is 11.3 Å². The number of amides is 1. The molecule has 0 saturated carbocycles. The molecule has 0 bridgehead atoms. The van der Waals surface area contributed by atoms with Crippen molar-refractivity contribution in [3.63, 3.8) is 0 Å². The Morgan fingerprint density at radius 1 is 1.09 bits per heavy atom. The summed E-state index contributed by atoms with van der Waals surface area (Å²) < 4.78 is 82.5. The summed E-state index contributed by atoms with van der Waals surface area (Å²) in [4.78, 5) is 20.3. The van der Waals surface area contributed by atoms with Gasteiger partial charge in [-0.15, -0.1) is 0 Å². The number of hydrogen-bond acceptors (Lipinski definition) is 6. The Balaban J connectivity index is 1.83. The summed E-state index contributed by atoms with van der Waals surface area (Å²) in [6, 6.07) is 6.13. The Kier molecular flexibility index (Phi) is 5.71. The Morgan fingerprint density at radius 2 is 1.82 bits per heavy atom. The SMILES string of the molecule is CNc1nc2cccc(-c3nn(C)c(C(=O)Nc4ccnc(C(F)(F)F)c4)c3C(F)(F)F)c2s1. The number of thiazole rings is 1. The average molecular weight is 500 g/mol. The van der Waals surface area contributed by atoms with Gasteiger partial charge < -0.3 is 10.6 Å². The molecule has 3 heterocycles. The molecule has 34 heavy (non-hydrogen) atoms. The fourth-order valence-corrected chi connectivity index (χ4v) is 4.27. The highest BCUT2D eigenvalue weighted by atomic mass is 32.1. The highest BCUT2D eigenvalue weighted by molar-refractivity contribution is 7.22. The smallest absolute Gasteiger partial charge is 0.365 e. The van der Waals surface area contributed by atoms with Crippen molar-refractivity contribution in [3.05, 3.63) is 53.5 Å². The van der Waals surface area contributed by atoms with Gasteiger partial charge in [0.05, 0.1) is 10.2 Å². The molecule has 2 N–H and O–H groups in total. The van der Waals surface area contributed by atoms with E-state index in [0.717, 1.165) is 35.3 Å². The van der Waals surface area contributed by atoms with Crippen molar-refractivity contribution in [2.24, 2.45) is 7.05 Å². The molecule has 0 unspecified atom stereocenters. The van der Waals surface area contributed by atoms with Crippen molar-refractivity contribution in [2.45, 2.75) is 12.4 Å². The van der Waals surface area contributed by atoms with E-state index in [1.54, 1.807) is 13.1 Å². The van der Waals surface area contributed by atoms with Crippen LogP contribution < -0.4 is 10.6 Å². The van der Waals surface area contributed by atoms with Crippen molar-refractivity contribution in [2.75, 3.05) is 17.7 Å². The van der Waals surface area contributed by atoms with Gasteiger partial charge in [0.15, 0.2) is 5.13 Å². The Labute approximate surface area is 191 Å². The van der Waals surface area contributed by atoms with Crippen LogP contribution in [0.2, 0.25) is 0 Å². The molecular formula is C20H14F6N6OS. The molecule has 1 aromatic carbocycles. The number of nitrogens with one attached hydrogen (secondary N) is 2. The largest absolute Gasteiger partial charge is 0.433 e. The highest BCUT2D eigenvalue weighted by Gasteiger charge is 2.42. The first-order valence-corrected chi connectivity index (χ1v) is 10.3. The number of benzene rings is 1. The molecule has 4 rings (SSSR count).